The number of nitrogens with one attached hydrogen (secondary N) is 1. The fourth-order valence-electron chi connectivity index (χ4n) is 5.80. The molecule has 1 aliphatic carbocycles. The quantitative estimate of drug-likeness (QED) is 0.473. The van der Waals surface area contributed by atoms with Crippen molar-refractivity contribution in [3.63, 3.8) is 0 Å². The fourth-order valence-corrected chi connectivity index (χ4v) is 5.80. The number of amides is 1. The van der Waals surface area contributed by atoms with E-state index in [1.807, 2.05) is 20.8 Å². The normalized spacial score (nSPS) is 46.8. The molecule has 3 fully saturated rings. The Bertz CT molecular complexity index is 729. The van der Waals surface area contributed by atoms with Crippen LogP contribution in [0.4, 0.5) is 0 Å². The van der Waals surface area contributed by atoms with Crippen molar-refractivity contribution in [3.8, 4) is 0 Å². The van der Waals surface area contributed by atoms with E-state index in [9.17, 15) is 24.9 Å². The summed E-state index contributed by atoms with van der Waals surface area (Å²) in [6.07, 6.45) is -2.13. The predicted octanol–water partition coefficient (Wildman–Crippen LogP) is 0.668. The molecule has 0 aromatic carbocycles. The van der Waals surface area contributed by atoms with Crippen LogP contribution in [0.1, 0.15) is 67.2 Å². The lowest BCUT2D eigenvalue weighted by molar-refractivity contribution is -0.304. The number of aliphatic hydroxyl groups is 3. The van der Waals surface area contributed by atoms with Gasteiger partial charge in [-0.05, 0) is 58.8 Å². The molecule has 1 saturated carbocycles. The molecular formula is C23H39NO8. The molecule has 0 spiro atoms. The zero-order valence-electron chi connectivity index (χ0n) is 20.0. The van der Waals surface area contributed by atoms with Crippen molar-refractivity contribution in [3.05, 3.63) is 0 Å². The minimum atomic E-state index is -1.35. The zero-order chi connectivity index (χ0) is 24.1. The van der Waals surface area contributed by atoms with Crippen LogP contribution in [0.15, 0.2) is 0 Å². The highest BCUT2D eigenvalue weighted by Gasteiger charge is 2.57. The van der Waals surface area contributed by atoms with E-state index in [0.29, 0.717) is 19.3 Å². The minimum Gasteiger partial charge on any atom is -0.394 e. The SMILES string of the molecule is CC(=O)N[C@H]1[C@@H](O[C@]2(C)CC[C@@H]([C@@]3(C)CCC(=O)C(C)(C)O3)[C@@H]2C)O[C@H](CO)[C@@H](O)[C@@H]1O. The summed E-state index contributed by atoms with van der Waals surface area (Å²) in [5, 5.41) is 33.0. The molecule has 0 bridgehead atoms. The third-order valence-corrected chi connectivity index (χ3v) is 7.95. The molecule has 2 aliphatic heterocycles. The molecular weight excluding hydrogens is 418 g/mol. The zero-order valence-corrected chi connectivity index (χ0v) is 20.0. The highest BCUT2D eigenvalue weighted by molar-refractivity contribution is 5.87. The lowest BCUT2D eigenvalue weighted by atomic mass is 9.73. The molecule has 1 amide bonds. The number of ketones is 1. The van der Waals surface area contributed by atoms with Gasteiger partial charge in [0.15, 0.2) is 12.1 Å². The Morgan fingerprint density at radius 3 is 2.41 bits per heavy atom. The Morgan fingerprint density at radius 1 is 1.19 bits per heavy atom. The summed E-state index contributed by atoms with van der Waals surface area (Å²) in [5.41, 5.74) is -1.97. The molecule has 2 heterocycles. The molecule has 0 radical (unpaired) electrons. The second-order valence-corrected chi connectivity index (χ2v) is 10.6. The van der Waals surface area contributed by atoms with Gasteiger partial charge in [-0.15, -0.1) is 0 Å². The van der Waals surface area contributed by atoms with Crippen molar-refractivity contribution in [2.24, 2.45) is 11.8 Å². The summed E-state index contributed by atoms with van der Waals surface area (Å²) in [5.74, 6) is -0.129. The van der Waals surface area contributed by atoms with Gasteiger partial charge < -0.3 is 34.8 Å². The molecule has 3 rings (SSSR count). The van der Waals surface area contributed by atoms with Gasteiger partial charge in [0.2, 0.25) is 5.91 Å². The first-order valence-corrected chi connectivity index (χ1v) is 11.5. The maximum atomic E-state index is 12.3. The lowest BCUT2D eigenvalue weighted by Gasteiger charge is -2.49. The van der Waals surface area contributed by atoms with Gasteiger partial charge in [0.25, 0.3) is 0 Å². The molecule has 3 aliphatic rings. The number of carbonyl (C=O) groups is 2. The number of carbonyl (C=O) groups excluding carboxylic acids is 2. The number of hydrogen-bond acceptors (Lipinski definition) is 8. The Morgan fingerprint density at radius 2 is 1.84 bits per heavy atom. The summed E-state index contributed by atoms with van der Waals surface area (Å²) < 4.78 is 18.6. The Labute approximate surface area is 189 Å². The Kier molecular flexibility index (Phi) is 7.12. The molecule has 0 aromatic heterocycles. The van der Waals surface area contributed by atoms with Crippen molar-refractivity contribution >= 4 is 11.7 Å². The molecule has 9 heteroatoms. The van der Waals surface area contributed by atoms with E-state index in [1.165, 1.54) is 6.92 Å². The monoisotopic (exact) mass is 457 g/mol. The second-order valence-electron chi connectivity index (χ2n) is 10.6. The topological polar surface area (TPSA) is 135 Å². The van der Waals surface area contributed by atoms with E-state index in [-0.39, 0.29) is 17.6 Å². The van der Waals surface area contributed by atoms with Gasteiger partial charge >= 0.3 is 0 Å². The summed E-state index contributed by atoms with van der Waals surface area (Å²) in [6, 6.07) is -0.980. The third kappa shape index (κ3) is 4.60. The molecule has 0 unspecified atom stereocenters. The molecule has 4 N–H and O–H groups in total. The molecule has 9 nitrogen and oxygen atoms in total. The van der Waals surface area contributed by atoms with E-state index in [0.717, 1.165) is 6.42 Å². The average Bonchev–Trinajstić information content (AvgIpc) is 2.99. The van der Waals surface area contributed by atoms with Gasteiger partial charge in [-0.3, -0.25) is 9.59 Å². The van der Waals surface area contributed by atoms with E-state index in [2.05, 4.69) is 19.2 Å². The highest BCUT2D eigenvalue weighted by atomic mass is 16.7. The van der Waals surface area contributed by atoms with Crippen LogP contribution < -0.4 is 5.32 Å². The standard InChI is InChI=1S/C23H39NO8/c1-12-14(23(6)10-8-16(27)21(3,4)32-23)7-9-22(12,5)31-20-17(24-13(2)26)19(29)18(28)15(11-25)30-20/h12,14-15,17-20,25,28-29H,7-11H2,1-6H3,(H,24,26)/t12-,14+,15+,17+,18+,19+,20+,22+,23+/m0/s1. The number of ether oxygens (including phenoxy) is 3. The van der Waals surface area contributed by atoms with Crippen molar-refractivity contribution in [1.82, 2.24) is 5.32 Å². The van der Waals surface area contributed by atoms with E-state index >= 15 is 0 Å². The number of hydrogen-bond donors (Lipinski definition) is 4. The van der Waals surface area contributed by atoms with Gasteiger partial charge in [0.1, 0.15) is 30.0 Å². The molecule has 9 atom stereocenters. The van der Waals surface area contributed by atoms with Gasteiger partial charge in [0.05, 0.1) is 17.8 Å². The summed E-state index contributed by atoms with van der Waals surface area (Å²) >= 11 is 0. The minimum absolute atomic E-state index is 0.0228. The summed E-state index contributed by atoms with van der Waals surface area (Å²) in [4.78, 5) is 24.0. The van der Waals surface area contributed by atoms with Crippen LogP contribution in [0.5, 0.6) is 0 Å². The molecule has 2 saturated heterocycles. The first kappa shape index (κ1) is 25.5. The van der Waals surface area contributed by atoms with Crippen LogP contribution in [-0.2, 0) is 23.8 Å². The lowest BCUT2D eigenvalue weighted by Crippen LogP contribution is -2.66. The Hall–Kier alpha value is -1.10. The maximum Gasteiger partial charge on any atom is 0.217 e. The fraction of sp³-hybridized carbons (Fsp3) is 0.913. The highest BCUT2D eigenvalue weighted by Crippen LogP contribution is 2.52. The van der Waals surface area contributed by atoms with Crippen LogP contribution in [0.2, 0.25) is 0 Å². The first-order chi connectivity index (χ1) is 14.7. The van der Waals surface area contributed by atoms with Gasteiger partial charge in [0, 0.05) is 13.3 Å². The summed E-state index contributed by atoms with van der Waals surface area (Å²) in [7, 11) is 0. The van der Waals surface area contributed by atoms with Crippen LogP contribution >= 0.6 is 0 Å². The van der Waals surface area contributed by atoms with Crippen LogP contribution in [0.3, 0.4) is 0 Å². The van der Waals surface area contributed by atoms with Crippen LogP contribution in [0.25, 0.3) is 0 Å². The van der Waals surface area contributed by atoms with Crippen molar-refractivity contribution in [2.45, 2.75) is 115 Å². The Balaban J connectivity index is 1.80. The largest absolute Gasteiger partial charge is 0.394 e. The number of aliphatic hydroxyl groups excluding tert-OH is 3. The van der Waals surface area contributed by atoms with Crippen molar-refractivity contribution < 1.29 is 39.1 Å². The van der Waals surface area contributed by atoms with Crippen LogP contribution in [0, 0.1) is 11.8 Å². The molecule has 0 aromatic rings. The first-order valence-electron chi connectivity index (χ1n) is 11.5. The maximum absolute atomic E-state index is 12.3. The number of Topliss-reactive ketones (excluding diaryl/α,β-unsaturated/α-hetero) is 1. The second kappa shape index (κ2) is 8.92. The third-order valence-electron chi connectivity index (χ3n) is 7.95. The summed E-state index contributed by atoms with van der Waals surface area (Å²) in [6.45, 7) is 10.6. The van der Waals surface area contributed by atoms with E-state index in [4.69, 9.17) is 14.2 Å². The smallest absolute Gasteiger partial charge is 0.217 e. The van der Waals surface area contributed by atoms with E-state index < -0.39 is 60.0 Å². The van der Waals surface area contributed by atoms with Crippen LogP contribution in [-0.4, -0.2) is 81.1 Å². The van der Waals surface area contributed by atoms with Crippen molar-refractivity contribution in [1.29, 1.82) is 0 Å². The average molecular weight is 458 g/mol. The molecule has 184 valence electrons. The van der Waals surface area contributed by atoms with Gasteiger partial charge in [-0.25, -0.2) is 0 Å². The van der Waals surface area contributed by atoms with Gasteiger partial charge in [-0.1, -0.05) is 6.92 Å². The van der Waals surface area contributed by atoms with E-state index in [1.54, 1.807) is 0 Å². The van der Waals surface area contributed by atoms with Gasteiger partial charge in [-0.2, -0.15) is 0 Å². The molecule has 32 heavy (non-hydrogen) atoms. The predicted molar refractivity (Wildman–Crippen MR) is 115 cm³/mol. The van der Waals surface area contributed by atoms with Crippen molar-refractivity contribution in [2.75, 3.05) is 6.61 Å². The number of rotatable bonds is 5.